The molecule has 5 aromatic rings. The number of benzene rings is 5. The number of fused-ring (bicyclic) bond motifs is 4. The summed E-state index contributed by atoms with van der Waals surface area (Å²) in [5.74, 6) is 0.333. The molecule has 38 heavy (non-hydrogen) atoms. The van der Waals surface area contributed by atoms with Crippen molar-refractivity contribution >= 4 is 28.4 Å². The molecule has 5 aromatic carbocycles. The van der Waals surface area contributed by atoms with Crippen LogP contribution in [0, 0.1) is 0 Å². The van der Waals surface area contributed by atoms with E-state index in [2.05, 4.69) is 153 Å². The first-order valence-corrected chi connectivity index (χ1v) is 13.5. The zero-order valence-corrected chi connectivity index (χ0v) is 22.4. The molecule has 0 amide bonds. The van der Waals surface area contributed by atoms with E-state index in [9.17, 15) is 0 Å². The van der Waals surface area contributed by atoms with Gasteiger partial charge in [-0.2, -0.15) is 0 Å². The summed E-state index contributed by atoms with van der Waals surface area (Å²) < 4.78 is 0. The first-order valence-electron chi connectivity index (χ1n) is 13.5. The smallest absolute Gasteiger partial charge is 0.0699 e. The van der Waals surface area contributed by atoms with Gasteiger partial charge in [0.05, 0.1) is 22.7 Å². The van der Waals surface area contributed by atoms with Crippen molar-refractivity contribution in [3.05, 3.63) is 138 Å². The Labute approximate surface area is 225 Å². The molecule has 0 N–H and O–H groups in total. The number of nitrogens with zero attached hydrogens (tertiary/aromatic N) is 2. The maximum atomic E-state index is 2.41. The summed E-state index contributed by atoms with van der Waals surface area (Å²) in [6, 6.07) is 42.3. The molecule has 2 nitrogen and oxygen atoms in total. The Kier molecular flexibility index (Phi) is 5.03. The average molecular weight is 493 g/mol. The molecule has 0 fully saturated rings. The molecule has 1 atom stereocenters. The third kappa shape index (κ3) is 3.20. The van der Waals surface area contributed by atoms with E-state index >= 15 is 0 Å². The number of anilines is 5. The van der Waals surface area contributed by atoms with Crippen molar-refractivity contribution in [1.29, 1.82) is 0 Å². The fourth-order valence-electron chi connectivity index (χ4n) is 6.80. The van der Waals surface area contributed by atoms with E-state index in [1.165, 1.54) is 61.8 Å². The Bertz CT molecular complexity index is 1650. The van der Waals surface area contributed by atoms with Crippen LogP contribution in [0.15, 0.2) is 115 Å². The van der Waals surface area contributed by atoms with E-state index in [1.807, 2.05) is 0 Å². The lowest BCUT2D eigenvalue weighted by Gasteiger charge is -2.40. The van der Waals surface area contributed by atoms with Gasteiger partial charge in [-0.05, 0) is 69.8 Å². The summed E-state index contributed by atoms with van der Waals surface area (Å²) in [5.41, 5.74) is 14.3. The average Bonchev–Trinajstić information content (AvgIpc) is 2.96. The Hall–Kier alpha value is -4.30. The first kappa shape index (κ1) is 22.9. The van der Waals surface area contributed by atoms with Crippen LogP contribution in [-0.4, -0.2) is 7.05 Å². The highest BCUT2D eigenvalue weighted by Gasteiger charge is 2.37. The fraction of sp³-hybridized carbons (Fsp3) is 0.167. The van der Waals surface area contributed by atoms with Gasteiger partial charge in [-0.3, -0.25) is 0 Å². The highest BCUT2D eigenvalue weighted by molar-refractivity contribution is 5.98. The zero-order valence-electron chi connectivity index (χ0n) is 22.4. The van der Waals surface area contributed by atoms with Crippen molar-refractivity contribution in [2.24, 2.45) is 0 Å². The molecular weight excluding hydrogens is 460 g/mol. The predicted octanol–water partition coefficient (Wildman–Crippen LogP) is 9.70. The Morgan fingerprint density at radius 2 is 1.18 bits per heavy atom. The zero-order chi connectivity index (χ0) is 26.0. The van der Waals surface area contributed by atoms with Gasteiger partial charge in [0.2, 0.25) is 0 Å². The van der Waals surface area contributed by atoms with E-state index in [1.54, 1.807) is 0 Å². The van der Waals surface area contributed by atoms with E-state index in [-0.39, 0.29) is 5.41 Å². The van der Waals surface area contributed by atoms with Crippen LogP contribution in [0.5, 0.6) is 0 Å². The minimum atomic E-state index is -0.0403. The van der Waals surface area contributed by atoms with Crippen LogP contribution in [0.4, 0.5) is 28.4 Å². The standard InChI is InChI=1S/C36H32N2/c1-24-27-15-5-6-17-29(27)36(2,3)30-18-12-16-28(35(24)30)25-13-11-14-26(23-25)38-33-21-9-7-19-31(33)37(4)32-20-8-10-22-34(32)38/h5-24H,1-4H3/t24-/m0/s1. The van der Waals surface area contributed by atoms with Gasteiger partial charge in [0.15, 0.2) is 0 Å². The van der Waals surface area contributed by atoms with Crippen LogP contribution in [0.3, 0.4) is 0 Å². The van der Waals surface area contributed by atoms with Gasteiger partial charge in [0.1, 0.15) is 0 Å². The maximum absolute atomic E-state index is 2.41. The molecule has 7 rings (SSSR count). The van der Waals surface area contributed by atoms with Gasteiger partial charge in [0, 0.05) is 24.1 Å². The molecule has 1 aliphatic heterocycles. The van der Waals surface area contributed by atoms with Gasteiger partial charge in [0.25, 0.3) is 0 Å². The van der Waals surface area contributed by atoms with Gasteiger partial charge in [-0.25, -0.2) is 0 Å². The molecule has 0 spiro atoms. The van der Waals surface area contributed by atoms with E-state index in [0.29, 0.717) is 5.92 Å². The maximum Gasteiger partial charge on any atom is 0.0699 e. The van der Waals surface area contributed by atoms with Gasteiger partial charge in [-0.15, -0.1) is 0 Å². The van der Waals surface area contributed by atoms with Gasteiger partial charge >= 0.3 is 0 Å². The molecule has 0 saturated heterocycles. The van der Waals surface area contributed by atoms with Crippen molar-refractivity contribution < 1.29 is 0 Å². The normalized spacial score (nSPS) is 16.8. The van der Waals surface area contributed by atoms with Crippen LogP contribution in [-0.2, 0) is 5.41 Å². The molecule has 0 aromatic heterocycles. The van der Waals surface area contributed by atoms with Crippen LogP contribution in [0.2, 0.25) is 0 Å². The summed E-state index contributed by atoms with van der Waals surface area (Å²) in [7, 11) is 2.16. The van der Waals surface area contributed by atoms with Crippen molar-refractivity contribution in [1.82, 2.24) is 0 Å². The van der Waals surface area contributed by atoms with Gasteiger partial charge in [-0.1, -0.05) is 99.6 Å². The van der Waals surface area contributed by atoms with E-state index in [0.717, 1.165) is 0 Å². The molecule has 0 saturated carbocycles. The fourth-order valence-corrected chi connectivity index (χ4v) is 6.80. The number of hydrogen-bond donors (Lipinski definition) is 0. The predicted molar refractivity (Wildman–Crippen MR) is 161 cm³/mol. The molecule has 1 heterocycles. The third-order valence-corrected chi connectivity index (χ3v) is 8.70. The summed E-state index contributed by atoms with van der Waals surface area (Å²) >= 11 is 0. The largest absolute Gasteiger partial charge is 0.341 e. The molecular formula is C36H32N2. The molecule has 1 aliphatic carbocycles. The Morgan fingerprint density at radius 3 is 1.89 bits per heavy atom. The van der Waals surface area contributed by atoms with Crippen molar-refractivity contribution in [2.75, 3.05) is 16.8 Å². The van der Waals surface area contributed by atoms with Crippen molar-refractivity contribution in [3.8, 4) is 11.1 Å². The lowest BCUT2D eigenvalue weighted by molar-refractivity contribution is 0.592. The lowest BCUT2D eigenvalue weighted by Crippen LogP contribution is -2.29. The first-order chi connectivity index (χ1) is 18.5. The highest BCUT2D eigenvalue weighted by Crippen LogP contribution is 2.52. The van der Waals surface area contributed by atoms with Crippen molar-refractivity contribution in [3.63, 3.8) is 0 Å². The van der Waals surface area contributed by atoms with Crippen LogP contribution in [0.25, 0.3) is 11.1 Å². The second kappa shape index (κ2) is 8.36. The SMILES string of the molecule is C[C@H]1c2ccccc2C(C)(C)c2cccc(-c3cccc(N4c5ccccc5N(C)c5ccccc54)c3)c21. The molecule has 0 radical (unpaired) electrons. The lowest BCUT2D eigenvalue weighted by atomic mass is 9.64. The van der Waals surface area contributed by atoms with Crippen molar-refractivity contribution in [2.45, 2.75) is 32.1 Å². The van der Waals surface area contributed by atoms with Crippen LogP contribution in [0.1, 0.15) is 48.9 Å². The molecule has 0 unspecified atom stereocenters. The summed E-state index contributed by atoms with van der Waals surface area (Å²) in [6.45, 7) is 7.11. The van der Waals surface area contributed by atoms with Crippen LogP contribution >= 0.6 is 0 Å². The summed E-state index contributed by atoms with van der Waals surface area (Å²) in [6.07, 6.45) is 0. The minimum absolute atomic E-state index is 0.0403. The molecule has 2 aliphatic rings. The van der Waals surface area contributed by atoms with Gasteiger partial charge < -0.3 is 9.80 Å². The third-order valence-electron chi connectivity index (χ3n) is 8.70. The highest BCUT2D eigenvalue weighted by atomic mass is 15.3. The Morgan fingerprint density at radius 1 is 0.605 bits per heavy atom. The quantitative estimate of drug-likeness (QED) is 0.242. The van der Waals surface area contributed by atoms with E-state index in [4.69, 9.17) is 0 Å². The molecule has 186 valence electrons. The minimum Gasteiger partial charge on any atom is -0.341 e. The second-order valence-corrected chi connectivity index (χ2v) is 11.1. The number of para-hydroxylation sites is 4. The molecule has 2 heteroatoms. The number of rotatable bonds is 2. The monoisotopic (exact) mass is 492 g/mol. The topological polar surface area (TPSA) is 6.48 Å². The van der Waals surface area contributed by atoms with E-state index < -0.39 is 0 Å². The second-order valence-electron chi connectivity index (χ2n) is 11.1. The van der Waals surface area contributed by atoms with Crippen LogP contribution < -0.4 is 9.80 Å². The Balaban J connectivity index is 1.42. The summed E-state index contributed by atoms with van der Waals surface area (Å²) in [5, 5.41) is 0. The number of hydrogen-bond acceptors (Lipinski definition) is 2. The summed E-state index contributed by atoms with van der Waals surface area (Å²) in [4.78, 5) is 4.70. The molecule has 0 bridgehead atoms.